The molecule has 1 aromatic carbocycles. The van der Waals surface area contributed by atoms with Crippen molar-refractivity contribution in [2.75, 3.05) is 17.0 Å². The van der Waals surface area contributed by atoms with Gasteiger partial charge in [-0.15, -0.1) is 0 Å². The maximum absolute atomic E-state index is 12.3. The summed E-state index contributed by atoms with van der Waals surface area (Å²) in [4.78, 5) is 4.07. The summed E-state index contributed by atoms with van der Waals surface area (Å²) in [6.07, 6.45) is 6.51. The minimum atomic E-state index is -3.37. The molecule has 0 saturated carbocycles. The second kappa shape index (κ2) is 5.99. The van der Waals surface area contributed by atoms with Gasteiger partial charge in [-0.05, 0) is 36.9 Å². The summed E-state index contributed by atoms with van der Waals surface area (Å²) < 4.78 is 27.4. The molecule has 1 unspecified atom stereocenters. The Labute approximate surface area is 124 Å². The minimum Gasteiger partial charge on any atom is -0.313 e. The smallest absolute Gasteiger partial charge is 0.234 e. The van der Waals surface area contributed by atoms with Gasteiger partial charge in [0.05, 0.1) is 11.4 Å². The molecule has 5 nitrogen and oxygen atoms in total. The molecular formula is C15H19N3O2S. The third kappa shape index (κ3) is 3.51. The van der Waals surface area contributed by atoms with Crippen LogP contribution < -0.4 is 10.0 Å². The maximum atomic E-state index is 12.3. The van der Waals surface area contributed by atoms with E-state index < -0.39 is 10.0 Å². The van der Waals surface area contributed by atoms with E-state index in [0.717, 1.165) is 36.6 Å². The van der Waals surface area contributed by atoms with Gasteiger partial charge >= 0.3 is 0 Å². The van der Waals surface area contributed by atoms with Crippen molar-refractivity contribution in [3.05, 3.63) is 36.7 Å². The average Bonchev–Trinajstić information content (AvgIpc) is 2.48. The Bertz CT molecular complexity index is 719. The van der Waals surface area contributed by atoms with Gasteiger partial charge in [0, 0.05) is 23.8 Å². The molecule has 1 fully saturated rings. The largest absolute Gasteiger partial charge is 0.313 e. The van der Waals surface area contributed by atoms with Crippen LogP contribution in [0.4, 0.5) is 5.69 Å². The van der Waals surface area contributed by atoms with E-state index >= 15 is 0 Å². The third-order valence-corrected chi connectivity index (χ3v) is 5.15. The molecule has 0 aliphatic carbocycles. The second-order valence-electron chi connectivity index (χ2n) is 5.43. The molecule has 1 aromatic heterocycles. The lowest BCUT2D eigenvalue weighted by Crippen LogP contribution is -2.40. The molecule has 0 amide bonds. The van der Waals surface area contributed by atoms with E-state index in [-0.39, 0.29) is 11.8 Å². The van der Waals surface area contributed by atoms with Gasteiger partial charge in [0.15, 0.2) is 0 Å². The molecule has 0 bridgehead atoms. The first kappa shape index (κ1) is 14.3. The van der Waals surface area contributed by atoms with Crippen LogP contribution in [0.2, 0.25) is 0 Å². The van der Waals surface area contributed by atoms with Crippen molar-refractivity contribution in [1.82, 2.24) is 10.3 Å². The van der Waals surface area contributed by atoms with Crippen LogP contribution in [0.5, 0.6) is 0 Å². The van der Waals surface area contributed by atoms with E-state index in [9.17, 15) is 8.42 Å². The SMILES string of the molecule is O=S(=O)(CC1CCCCN1)Nc1cccc2ccncc12. The highest BCUT2D eigenvalue weighted by molar-refractivity contribution is 7.92. The lowest BCUT2D eigenvalue weighted by atomic mass is 10.1. The summed E-state index contributed by atoms with van der Waals surface area (Å²) in [6, 6.07) is 7.48. The fourth-order valence-electron chi connectivity index (χ4n) is 2.74. The highest BCUT2D eigenvalue weighted by Gasteiger charge is 2.21. The lowest BCUT2D eigenvalue weighted by molar-refractivity contribution is 0.424. The molecule has 21 heavy (non-hydrogen) atoms. The molecule has 1 aliphatic rings. The van der Waals surface area contributed by atoms with Gasteiger partial charge < -0.3 is 5.32 Å². The van der Waals surface area contributed by atoms with Crippen molar-refractivity contribution in [1.29, 1.82) is 0 Å². The number of nitrogens with zero attached hydrogens (tertiary/aromatic N) is 1. The van der Waals surface area contributed by atoms with E-state index in [1.54, 1.807) is 18.5 Å². The molecule has 112 valence electrons. The predicted octanol–water partition coefficient (Wildman–Crippen LogP) is 2.12. The van der Waals surface area contributed by atoms with Crippen molar-refractivity contribution in [2.45, 2.75) is 25.3 Å². The van der Waals surface area contributed by atoms with E-state index in [1.807, 2.05) is 18.2 Å². The molecule has 2 aromatic rings. The van der Waals surface area contributed by atoms with Crippen LogP contribution in [-0.4, -0.2) is 31.7 Å². The lowest BCUT2D eigenvalue weighted by Gasteiger charge is -2.23. The Morgan fingerprint density at radius 1 is 1.29 bits per heavy atom. The summed E-state index contributed by atoms with van der Waals surface area (Å²) in [5.41, 5.74) is 0.594. The van der Waals surface area contributed by atoms with Gasteiger partial charge in [-0.1, -0.05) is 18.6 Å². The number of sulfonamides is 1. The van der Waals surface area contributed by atoms with Crippen molar-refractivity contribution < 1.29 is 8.42 Å². The fourth-order valence-corrected chi connectivity index (χ4v) is 4.15. The number of fused-ring (bicyclic) bond motifs is 1. The van der Waals surface area contributed by atoms with Crippen molar-refractivity contribution in [3.8, 4) is 0 Å². The fraction of sp³-hybridized carbons (Fsp3) is 0.400. The Morgan fingerprint density at radius 3 is 3.00 bits per heavy atom. The number of aromatic nitrogens is 1. The number of anilines is 1. The minimum absolute atomic E-state index is 0.0457. The van der Waals surface area contributed by atoms with E-state index in [4.69, 9.17) is 0 Å². The highest BCUT2D eigenvalue weighted by Crippen LogP contribution is 2.23. The third-order valence-electron chi connectivity index (χ3n) is 3.78. The van der Waals surface area contributed by atoms with Gasteiger partial charge in [-0.25, -0.2) is 8.42 Å². The number of pyridine rings is 1. The van der Waals surface area contributed by atoms with Crippen molar-refractivity contribution in [2.24, 2.45) is 0 Å². The average molecular weight is 305 g/mol. The summed E-state index contributed by atoms with van der Waals surface area (Å²) in [5, 5.41) is 5.06. The summed E-state index contributed by atoms with van der Waals surface area (Å²) in [5.74, 6) is 0.115. The maximum Gasteiger partial charge on any atom is 0.234 e. The first-order valence-electron chi connectivity index (χ1n) is 7.21. The molecule has 6 heteroatoms. The van der Waals surface area contributed by atoms with Crippen LogP contribution in [-0.2, 0) is 10.0 Å². The summed E-state index contributed by atoms with van der Waals surface area (Å²) in [6.45, 7) is 0.901. The number of hydrogen-bond acceptors (Lipinski definition) is 4. The number of hydrogen-bond donors (Lipinski definition) is 2. The second-order valence-corrected chi connectivity index (χ2v) is 7.20. The Balaban J connectivity index is 1.80. The van der Waals surface area contributed by atoms with Crippen molar-refractivity contribution in [3.63, 3.8) is 0 Å². The van der Waals surface area contributed by atoms with Crippen LogP contribution in [0.1, 0.15) is 19.3 Å². The van der Waals surface area contributed by atoms with Gasteiger partial charge in [0.2, 0.25) is 10.0 Å². The number of rotatable bonds is 4. The molecule has 1 aliphatic heterocycles. The van der Waals surface area contributed by atoms with Gasteiger partial charge in [-0.2, -0.15) is 0 Å². The first-order valence-corrected chi connectivity index (χ1v) is 8.86. The Kier molecular flexibility index (Phi) is 4.07. The number of nitrogens with one attached hydrogen (secondary N) is 2. The highest BCUT2D eigenvalue weighted by atomic mass is 32.2. The zero-order valence-electron chi connectivity index (χ0n) is 11.7. The quantitative estimate of drug-likeness (QED) is 0.907. The van der Waals surface area contributed by atoms with E-state index in [2.05, 4.69) is 15.0 Å². The van der Waals surface area contributed by atoms with E-state index in [0.29, 0.717) is 5.69 Å². The molecule has 2 N–H and O–H groups in total. The monoisotopic (exact) mass is 305 g/mol. The normalized spacial score (nSPS) is 19.5. The molecule has 3 rings (SSSR count). The van der Waals surface area contributed by atoms with Gasteiger partial charge in [0.25, 0.3) is 0 Å². The Hall–Kier alpha value is -1.66. The van der Waals surface area contributed by atoms with Crippen LogP contribution >= 0.6 is 0 Å². The van der Waals surface area contributed by atoms with Crippen LogP contribution in [0.3, 0.4) is 0 Å². The molecule has 1 atom stereocenters. The van der Waals surface area contributed by atoms with Crippen LogP contribution in [0.25, 0.3) is 10.8 Å². The zero-order chi connectivity index (χ0) is 14.7. The van der Waals surface area contributed by atoms with E-state index in [1.165, 1.54) is 0 Å². The molecule has 2 heterocycles. The zero-order valence-corrected chi connectivity index (χ0v) is 12.6. The molecule has 0 spiro atoms. The molecule has 0 radical (unpaired) electrons. The van der Waals surface area contributed by atoms with Crippen molar-refractivity contribution >= 4 is 26.5 Å². The number of benzene rings is 1. The van der Waals surface area contributed by atoms with Crippen LogP contribution in [0.15, 0.2) is 36.7 Å². The van der Waals surface area contributed by atoms with Crippen LogP contribution in [0, 0.1) is 0 Å². The molecule has 1 saturated heterocycles. The topological polar surface area (TPSA) is 71.1 Å². The molecular weight excluding hydrogens is 286 g/mol. The summed E-state index contributed by atoms with van der Waals surface area (Å²) >= 11 is 0. The first-order chi connectivity index (χ1) is 10.1. The number of piperidine rings is 1. The van der Waals surface area contributed by atoms with Gasteiger partial charge in [0.1, 0.15) is 0 Å². The standard InChI is InChI=1S/C15H19N3O2S/c19-21(20,11-13-5-1-2-8-17-13)18-15-6-3-4-12-7-9-16-10-14(12)15/h3-4,6-7,9-10,13,17-18H,1-2,5,8,11H2. The summed E-state index contributed by atoms with van der Waals surface area (Å²) in [7, 11) is -3.37. The van der Waals surface area contributed by atoms with Gasteiger partial charge in [-0.3, -0.25) is 9.71 Å². The predicted molar refractivity (Wildman–Crippen MR) is 84.8 cm³/mol. The Morgan fingerprint density at radius 2 is 2.19 bits per heavy atom.